The normalized spacial score (nSPS) is 21.6. The van der Waals surface area contributed by atoms with Gasteiger partial charge in [-0.2, -0.15) is 0 Å². The van der Waals surface area contributed by atoms with Gasteiger partial charge in [-0.1, -0.05) is 11.6 Å². The monoisotopic (exact) mass is 246 g/mol. The molecule has 1 saturated heterocycles. The van der Waals surface area contributed by atoms with Gasteiger partial charge in [-0.15, -0.1) is 11.3 Å². The average Bonchev–Trinajstić information content (AvgIpc) is 2.59. The summed E-state index contributed by atoms with van der Waals surface area (Å²) < 4.78 is 11.2. The van der Waals surface area contributed by atoms with Crippen LogP contribution in [0.3, 0.4) is 0 Å². The maximum absolute atomic E-state index is 11.9. The van der Waals surface area contributed by atoms with Crippen molar-refractivity contribution in [1.82, 2.24) is 0 Å². The van der Waals surface area contributed by atoms with Crippen LogP contribution in [-0.2, 0) is 9.47 Å². The third-order valence-electron chi connectivity index (χ3n) is 2.21. The van der Waals surface area contributed by atoms with Gasteiger partial charge < -0.3 is 9.47 Å². The molecule has 5 heteroatoms. The first-order valence-corrected chi connectivity index (χ1v) is 5.87. The van der Waals surface area contributed by atoms with E-state index in [2.05, 4.69) is 0 Å². The first kappa shape index (κ1) is 11.1. The Balaban J connectivity index is 2.12. The van der Waals surface area contributed by atoms with Crippen molar-refractivity contribution in [1.29, 1.82) is 0 Å². The maximum Gasteiger partial charge on any atom is 0.203 e. The van der Waals surface area contributed by atoms with E-state index < -0.39 is 6.10 Å². The number of carbonyl (C=O) groups is 1. The molecule has 82 valence electrons. The van der Waals surface area contributed by atoms with Crippen LogP contribution in [-0.4, -0.2) is 31.7 Å². The molecule has 2 rings (SSSR count). The summed E-state index contributed by atoms with van der Waals surface area (Å²) in [5.74, 6) is -0.0327. The molecule has 0 N–H and O–H groups in total. The largest absolute Gasteiger partial charge is 0.376 e. The van der Waals surface area contributed by atoms with Crippen molar-refractivity contribution in [3.05, 3.63) is 20.8 Å². The number of rotatable bonds is 2. The molecule has 0 bridgehead atoms. The molecule has 1 aliphatic rings. The molecule has 15 heavy (non-hydrogen) atoms. The van der Waals surface area contributed by atoms with Crippen molar-refractivity contribution in [2.75, 3.05) is 19.8 Å². The minimum absolute atomic E-state index is 0.0327. The highest BCUT2D eigenvalue weighted by Gasteiger charge is 2.25. The summed E-state index contributed by atoms with van der Waals surface area (Å²) in [6, 6.07) is 1.80. The van der Waals surface area contributed by atoms with Gasteiger partial charge in [-0.3, -0.25) is 4.79 Å². The quantitative estimate of drug-likeness (QED) is 0.752. The van der Waals surface area contributed by atoms with Gasteiger partial charge >= 0.3 is 0 Å². The first-order chi connectivity index (χ1) is 7.18. The summed E-state index contributed by atoms with van der Waals surface area (Å²) in [5.41, 5.74) is 0.932. The molecular weight excluding hydrogens is 236 g/mol. The molecule has 0 aromatic carbocycles. The Bertz CT molecular complexity index is 349. The fraction of sp³-hybridized carbons (Fsp3) is 0.500. The lowest BCUT2D eigenvalue weighted by Gasteiger charge is -2.20. The fourth-order valence-corrected chi connectivity index (χ4v) is 2.56. The van der Waals surface area contributed by atoms with Crippen LogP contribution in [0.1, 0.15) is 15.2 Å². The van der Waals surface area contributed by atoms with Gasteiger partial charge in [0.15, 0.2) is 0 Å². The highest BCUT2D eigenvalue weighted by molar-refractivity contribution is 7.18. The summed E-state index contributed by atoms with van der Waals surface area (Å²) in [7, 11) is 0. The predicted molar refractivity (Wildman–Crippen MR) is 59.0 cm³/mol. The molecular formula is C10H11ClO3S. The Morgan fingerprint density at radius 1 is 1.60 bits per heavy atom. The Kier molecular flexibility index (Phi) is 3.41. The molecule has 3 nitrogen and oxygen atoms in total. The third-order valence-corrected chi connectivity index (χ3v) is 3.78. The Morgan fingerprint density at radius 2 is 2.40 bits per heavy atom. The Hall–Kier alpha value is -0.420. The number of halogens is 1. The molecule has 1 atom stereocenters. The van der Waals surface area contributed by atoms with Crippen LogP contribution < -0.4 is 0 Å². The van der Waals surface area contributed by atoms with Crippen molar-refractivity contribution in [3.8, 4) is 0 Å². The van der Waals surface area contributed by atoms with E-state index >= 15 is 0 Å². The minimum Gasteiger partial charge on any atom is -0.376 e. The van der Waals surface area contributed by atoms with E-state index in [0.29, 0.717) is 29.0 Å². The number of thiophene rings is 1. The second kappa shape index (κ2) is 4.61. The van der Waals surface area contributed by atoms with Crippen LogP contribution in [0.25, 0.3) is 0 Å². The van der Waals surface area contributed by atoms with Gasteiger partial charge in [0.25, 0.3) is 0 Å². The second-order valence-corrected chi connectivity index (χ2v) is 5.02. The van der Waals surface area contributed by atoms with Crippen LogP contribution in [0, 0.1) is 6.92 Å². The molecule has 0 amide bonds. The molecule has 2 heterocycles. The highest BCUT2D eigenvalue weighted by atomic mass is 35.5. The molecule has 1 aromatic heterocycles. The lowest BCUT2D eigenvalue weighted by atomic mass is 10.2. The summed E-state index contributed by atoms with van der Waals surface area (Å²) >= 11 is 7.20. The minimum atomic E-state index is -0.465. The Labute approximate surface area is 96.9 Å². The number of hydrogen-bond acceptors (Lipinski definition) is 4. The number of ether oxygens (including phenoxy) is 2. The topological polar surface area (TPSA) is 35.5 Å². The van der Waals surface area contributed by atoms with Crippen LogP contribution in [0.15, 0.2) is 6.07 Å². The highest BCUT2D eigenvalue weighted by Crippen LogP contribution is 2.28. The maximum atomic E-state index is 11.9. The van der Waals surface area contributed by atoms with E-state index in [1.54, 1.807) is 6.07 Å². The molecule has 0 spiro atoms. The van der Waals surface area contributed by atoms with Crippen molar-refractivity contribution in [3.63, 3.8) is 0 Å². The number of hydrogen-bond donors (Lipinski definition) is 0. The summed E-state index contributed by atoms with van der Waals surface area (Å²) in [5, 5.41) is 0. The predicted octanol–water partition coefficient (Wildman–Crippen LogP) is 2.31. The SMILES string of the molecule is Cc1cc(C(=O)C2COCCO2)sc1Cl. The Morgan fingerprint density at radius 3 is 2.93 bits per heavy atom. The van der Waals surface area contributed by atoms with Crippen LogP contribution in [0.2, 0.25) is 4.34 Å². The molecule has 1 unspecified atom stereocenters. The van der Waals surface area contributed by atoms with E-state index in [0.717, 1.165) is 5.56 Å². The summed E-state index contributed by atoms with van der Waals surface area (Å²) in [6.45, 7) is 3.27. The second-order valence-electron chi connectivity index (χ2n) is 3.37. The molecule has 1 aliphatic heterocycles. The van der Waals surface area contributed by atoms with Gasteiger partial charge in [0, 0.05) is 0 Å². The lowest BCUT2D eigenvalue weighted by Crippen LogP contribution is -2.35. The van der Waals surface area contributed by atoms with Gasteiger partial charge in [-0.05, 0) is 18.6 Å². The lowest BCUT2D eigenvalue weighted by molar-refractivity contribution is -0.0717. The van der Waals surface area contributed by atoms with E-state index in [4.69, 9.17) is 21.1 Å². The summed E-state index contributed by atoms with van der Waals surface area (Å²) in [4.78, 5) is 12.6. The van der Waals surface area contributed by atoms with E-state index in [9.17, 15) is 4.79 Å². The van der Waals surface area contributed by atoms with E-state index in [1.165, 1.54) is 11.3 Å². The molecule has 1 fully saturated rings. The van der Waals surface area contributed by atoms with E-state index in [1.807, 2.05) is 6.92 Å². The van der Waals surface area contributed by atoms with Crippen molar-refractivity contribution < 1.29 is 14.3 Å². The fourth-order valence-electron chi connectivity index (χ4n) is 1.38. The average molecular weight is 247 g/mol. The smallest absolute Gasteiger partial charge is 0.203 e. The van der Waals surface area contributed by atoms with Gasteiger partial charge in [0.1, 0.15) is 6.10 Å². The molecule has 1 aromatic rings. The van der Waals surface area contributed by atoms with Crippen LogP contribution >= 0.6 is 22.9 Å². The molecule has 0 saturated carbocycles. The van der Waals surface area contributed by atoms with Crippen molar-refractivity contribution in [2.45, 2.75) is 13.0 Å². The zero-order valence-corrected chi connectivity index (χ0v) is 9.86. The number of aryl methyl sites for hydroxylation is 1. The van der Waals surface area contributed by atoms with Gasteiger partial charge in [-0.25, -0.2) is 0 Å². The van der Waals surface area contributed by atoms with E-state index in [-0.39, 0.29) is 5.78 Å². The zero-order chi connectivity index (χ0) is 10.8. The van der Waals surface area contributed by atoms with Crippen LogP contribution in [0.5, 0.6) is 0 Å². The summed E-state index contributed by atoms with van der Waals surface area (Å²) in [6.07, 6.45) is -0.465. The van der Waals surface area contributed by atoms with Crippen molar-refractivity contribution >= 4 is 28.7 Å². The number of carbonyl (C=O) groups excluding carboxylic acids is 1. The van der Waals surface area contributed by atoms with Crippen LogP contribution in [0.4, 0.5) is 0 Å². The van der Waals surface area contributed by atoms with Gasteiger partial charge in [0.2, 0.25) is 5.78 Å². The zero-order valence-electron chi connectivity index (χ0n) is 8.29. The number of Topliss-reactive ketones (excluding diaryl/α,β-unsaturated/α-hetero) is 1. The first-order valence-electron chi connectivity index (χ1n) is 4.68. The third kappa shape index (κ3) is 2.39. The molecule has 0 radical (unpaired) electrons. The van der Waals surface area contributed by atoms with Crippen molar-refractivity contribution in [2.24, 2.45) is 0 Å². The number of ketones is 1. The molecule has 0 aliphatic carbocycles. The van der Waals surface area contributed by atoms with Gasteiger partial charge in [0.05, 0.1) is 29.0 Å². The standard InChI is InChI=1S/C10H11ClO3S/c1-6-4-8(15-10(6)11)9(12)7-5-13-2-3-14-7/h4,7H,2-3,5H2,1H3.